The Hall–Kier alpha value is -3.19. The van der Waals surface area contributed by atoms with Crippen molar-refractivity contribution in [1.82, 2.24) is 20.2 Å². The molecule has 1 aliphatic heterocycles. The number of allylic oxidation sites excluding steroid dienone is 1. The summed E-state index contributed by atoms with van der Waals surface area (Å²) in [6, 6.07) is 8.19. The van der Waals surface area contributed by atoms with Crippen molar-refractivity contribution < 1.29 is 4.74 Å². The number of aromatic nitrogens is 4. The first kappa shape index (κ1) is 21.1. The highest BCUT2D eigenvalue weighted by atomic mass is 16.5. The van der Waals surface area contributed by atoms with Crippen molar-refractivity contribution in [2.45, 2.75) is 26.2 Å². The zero-order chi connectivity index (χ0) is 21.6. The number of H-pyrrole nitrogens is 1. The third-order valence-corrected chi connectivity index (χ3v) is 5.66. The molecule has 1 saturated heterocycles. The average molecular weight is 419 g/mol. The first-order valence-corrected chi connectivity index (χ1v) is 10.8. The molecule has 3 aromatic heterocycles. The highest BCUT2D eigenvalue weighted by Gasteiger charge is 2.23. The van der Waals surface area contributed by atoms with Gasteiger partial charge in [-0.3, -0.25) is 10.1 Å². The zero-order valence-electron chi connectivity index (χ0n) is 18.5. The molecule has 1 aliphatic carbocycles. The summed E-state index contributed by atoms with van der Waals surface area (Å²) in [6.45, 7) is 7.54. The minimum absolute atomic E-state index is 0.432. The number of aryl methyl sites for hydroxylation is 1. The molecule has 162 valence electrons. The number of nitrogens with zero attached hydrogens (tertiary/aromatic N) is 5. The molecule has 2 aliphatic rings. The Morgan fingerprint density at radius 3 is 2.68 bits per heavy atom. The molecular formula is C24H30N6O. The molecule has 0 saturated carbocycles. The molecule has 1 unspecified atom stereocenters. The van der Waals surface area contributed by atoms with Crippen molar-refractivity contribution in [2.24, 2.45) is 0 Å². The smallest absolute Gasteiger partial charge is 0.131 e. The van der Waals surface area contributed by atoms with E-state index in [1.54, 1.807) is 12.4 Å². The van der Waals surface area contributed by atoms with Crippen LogP contribution in [0.4, 0.5) is 17.2 Å². The van der Waals surface area contributed by atoms with Gasteiger partial charge in [0.25, 0.3) is 0 Å². The van der Waals surface area contributed by atoms with Crippen LogP contribution in [0.15, 0.2) is 48.9 Å². The van der Waals surface area contributed by atoms with Crippen molar-refractivity contribution in [3.05, 3.63) is 65.9 Å². The summed E-state index contributed by atoms with van der Waals surface area (Å²) in [5.74, 6) is 1.48. The van der Waals surface area contributed by atoms with E-state index < -0.39 is 0 Å². The van der Waals surface area contributed by atoms with Gasteiger partial charge in [-0.25, -0.2) is 4.98 Å². The van der Waals surface area contributed by atoms with Gasteiger partial charge in [0, 0.05) is 55.8 Å². The lowest BCUT2D eigenvalue weighted by Crippen LogP contribution is -2.37. The number of fused-ring (bicyclic) bond motifs is 1. The van der Waals surface area contributed by atoms with Crippen LogP contribution in [0, 0.1) is 6.92 Å². The molecule has 7 nitrogen and oxygen atoms in total. The first-order valence-electron chi connectivity index (χ1n) is 10.8. The number of ether oxygens (including phenoxy) is 1. The van der Waals surface area contributed by atoms with Gasteiger partial charge in [0.05, 0.1) is 36.5 Å². The molecule has 7 heteroatoms. The van der Waals surface area contributed by atoms with Crippen LogP contribution < -0.4 is 9.80 Å². The molecule has 1 fully saturated rings. The number of anilines is 3. The lowest BCUT2D eigenvalue weighted by Gasteiger charge is -2.32. The van der Waals surface area contributed by atoms with Gasteiger partial charge in [0.15, 0.2) is 0 Å². The fourth-order valence-electron chi connectivity index (χ4n) is 3.84. The molecule has 0 amide bonds. The summed E-state index contributed by atoms with van der Waals surface area (Å²) < 4.78 is 5.50. The van der Waals surface area contributed by atoms with E-state index in [1.165, 1.54) is 16.9 Å². The monoisotopic (exact) mass is 418 g/mol. The van der Waals surface area contributed by atoms with Crippen LogP contribution in [-0.2, 0) is 4.74 Å². The predicted octanol–water partition coefficient (Wildman–Crippen LogP) is 4.32. The standard InChI is InChI=1S/C20H24N4O.C4H6N2/c1-15-5-3-7-17-18(23(2)16-6-4-8-21-14-16)13-19(22-20(15)17)24-9-11-25-12-10-24;1-4-2-3-5-6-4/h3-4,6-8,13-15H,5,9-12H2,1-2H3;2-3H,1H3,(H,5,6). The molecule has 4 heterocycles. The summed E-state index contributed by atoms with van der Waals surface area (Å²) in [6.07, 6.45) is 11.0. The Morgan fingerprint density at radius 2 is 2.03 bits per heavy atom. The summed E-state index contributed by atoms with van der Waals surface area (Å²) in [7, 11) is 2.10. The van der Waals surface area contributed by atoms with Crippen LogP contribution in [-0.4, -0.2) is 53.5 Å². The average Bonchev–Trinajstić information content (AvgIpc) is 3.31. The van der Waals surface area contributed by atoms with Crippen molar-refractivity contribution in [1.29, 1.82) is 0 Å². The maximum absolute atomic E-state index is 5.50. The predicted molar refractivity (Wildman–Crippen MR) is 125 cm³/mol. The number of hydrogen-bond acceptors (Lipinski definition) is 6. The summed E-state index contributed by atoms with van der Waals surface area (Å²) in [5.41, 5.74) is 5.78. The third-order valence-electron chi connectivity index (χ3n) is 5.66. The molecule has 5 rings (SSSR count). The largest absolute Gasteiger partial charge is 0.378 e. The van der Waals surface area contributed by atoms with E-state index in [0.29, 0.717) is 5.92 Å². The molecule has 31 heavy (non-hydrogen) atoms. The number of pyridine rings is 2. The highest BCUT2D eigenvalue weighted by molar-refractivity contribution is 5.78. The number of rotatable bonds is 3. The topological polar surface area (TPSA) is 70.2 Å². The van der Waals surface area contributed by atoms with Crippen molar-refractivity contribution in [3.63, 3.8) is 0 Å². The van der Waals surface area contributed by atoms with E-state index >= 15 is 0 Å². The van der Waals surface area contributed by atoms with Crippen molar-refractivity contribution in [2.75, 3.05) is 43.2 Å². The van der Waals surface area contributed by atoms with Gasteiger partial charge in [-0.05, 0) is 31.5 Å². The van der Waals surface area contributed by atoms with Gasteiger partial charge in [-0.1, -0.05) is 19.1 Å². The number of nitrogens with one attached hydrogen (secondary N) is 1. The molecule has 0 aromatic carbocycles. The molecule has 3 aromatic rings. The summed E-state index contributed by atoms with van der Waals surface area (Å²) in [5, 5.41) is 6.45. The number of hydrogen-bond donors (Lipinski definition) is 1. The van der Waals surface area contributed by atoms with E-state index in [4.69, 9.17) is 9.72 Å². The first-order chi connectivity index (χ1) is 15.1. The summed E-state index contributed by atoms with van der Waals surface area (Å²) in [4.78, 5) is 13.8. The normalized spacial score (nSPS) is 17.5. The van der Waals surface area contributed by atoms with E-state index in [0.717, 1.165) is 49.9 Å². The van der Waals surface area contributed by atoms with Gasteiger partial charge in [0.2, 0.25) is 0 Å². The molecule has 0 radical (unpaired) electrons. The van der Waals surface area contributed by atoms with Gasteiger partial charge in [-0.2, -0.15) is 5.10 Å². The van der Waals surface area contributed by atoms with E-state index in [-0.39, 0.29) is 0 Å². The maximum Gasteiger partial charge on any atom is 0.131 e. The van der Waals surface area contributed by atoms with Crippen molar-refractivity contribution >= 4 is 23.3 Å². The molecule has 0 bridgehead atoms. The Labute approximate surface area is 183 Å². The Bertz CT molecular complexity index is 996. The van der Waals surface area contributed by atoms with Crippen LogP contribution in [0.1, 0.15) is 36.2 Å². The van der Waals surface area contributed by atoms with Gasteiger partial charge >= 0.3 is 0 Å². The SMILES string of the molecule is CC1CC=Cc2c(N(C)c3cccnc3)cc(N3CCOCC3)nc21.Cc1ccn[nH]1. The molecular weight excluding hydrogens is 388 g/mol. The van der Waals surface area contributed by atoms with Crippen LogP contribution >= 0.6 is 0 Å². The van der Waals surface area contributed by atoms with Gasteiger partial charge in [-0.15, -0.1) is 0 Å². The van der Waals surface area contributed by atoms with E-state index in [2.05, 4.69) is 63.2 Å². The lowest BCUT2D eigenvalue weighted by atomic mass is 9.91. The van der Waals surface area contributed by atoms with Crippen LogP contribution in [0.25, 0.3) is 6.08 Å². The second-order valence-electron chi connectivity index (χ2n) is 7.95. The Kier molecular flexibility index (Phi) is 6.62. The van der Waals surface area contributed by atoms with E-state index in [9.17, 15) is 0 Å². The Balaban J connectivity index is 0.000000334. The number of morpholine rings is 1. The zero-order valence-corrected chi connectivity index (χ0v) is 18.5. The Morgan fingerprint density at radius 1 is 1.19 bits per heavy atom. The quantitative estimate of drug-likeness (QED) is 0.683. The minimum atomic E-state index is 0.432. The maximum atomic E-state index is 5.50. The fraction of sp³-hybridized carbons (Fsp3) is 0.375. The van der Waals surface area contributed by atoms with Crippen LogP contribution in [0.2, 0.25) is 0 Å². The second kappa shape index (κ2) is 9.75. The van der Waals surface area contributed by atoms with E-state index in [1.807, 2.05) is 25.3 Å². The van der Waals surface area contributed by atoms with Crippen LogP contribution in [0.3, 0.4) is 0 Å². The van der Waals surface area contributed by atoms with Gasteiger partial charge < -0.3 is 14.5 Å². The van der Waals surface area contributed by atoms with Gasteiger partial charge in [0.1, 0.15) is 5.82 Å². The molecule has 1 atom stereocenters. The lowest BCUT2D eigenvalue weighted by molar-refractivity contribution is 0.122. The van der Waals surface area contributed by atoms with Crippen molar-refractivity contribution in [3.8, 4) is 0 Å². The fourth-order valence-corrected chi connectivity index (χ4v) is 3.84. The minimum Gasteiger partial charge on any atom is -0.378 e. The van der Waals surface area contributed by atoms with Crippen LogP contribution in [0.5, 0.6) is 0 Å². The second-order valence-corrected chi connectivity index (χ2v) is 7.95. The summed E-state index contributed by atoms with van der Waals surface area (Å²) >= 11 is 0. The number of aromatic amines is 1. The molecule has 0 spiro atoms. The molecule has 1 N–H and O–H groups in total. The third kappa shape index (κ3) is 4.94. The highest BCUT2D eigenvalue weighted by Crippen LogP contribution is 2.38.